The molecule has 0 spiro atoms. The topological polar surface area (TPSA) is 58.5 Å². The Labute approximate surface area is 219 Å². The van der Waals surface area contributed by atoms with Crippen LogP contribution in [0.5, 0.6) is 5.88 Å². The predicted molar refractivity (Wildman–Crippen MR) is 148 cm³/mol. The summed E-state index contributed by atoms with van der Waals surface area (Å²) >= 11 is 5.34. The molecular weight excluding hydrogens is 522 g/mol. The van der Waals surface area contributed by atoms with Gasteiger partial charge in [0.2, 0.25) is 5.88 Å². The molecule has 0 aliphatic heterocycles. The van der Waals surface area contributed by atoms with Crippen molar-refractivity contribution < 1.29 is 9.84 Å². The summed E-state index contributed by atoms with van der Waals surface area (Å²) in [7, 11) is 5.70. The molecule has 0 aliphatic rings. The zero-order chi connectivity index (χ0) is 25.3. The van der Waals surface area contributed by atoms with Crippen molar-refractivity contribution in [3.63, 3.8) is 0 Å². The number of nitrogens with zero attached hydrogens (tertiary/aromatic N) is 3. The van der Waals surface area contributed by atoms with Gasteiger partial charge in [-0.15, -0.1) is 11.3 Å². The van der Waals surface area contributed by atoms with Crippen LogP contribution < -0.4 is 4.74 Å². The first-order valence-corrected chi connectivity index (χ1v) is 13.2. The Bertz CT molecular complexity index is 1350. The van der Waals surface area contributed by atoms with Gasteiger partial charge in [-0.05, 0) is 82.7 Å². The lowest BCUT2D eigenvalue weighted by atomic mass is 9.72. The molecule has 1 N–H and O–H groups in total. The van der Waals surface area contributed by atoms with Crippen LogP contribution in [0.1, 0.15) is 44.3 Å². The van der Waals surface area contributed by atoms with Gasteiger partial charge in [0.15, 0.2) is 0 Å². The number of thiophene rings is 1. The van der Waals surface area contributed by atoms with Crippen LogP contribution in [0.2, 0.25) is 0 Å². The monoisotopic (exact) mass is 553 g/mol. The van der Waals surface area contributed by atoms with Crippen molar-refractivity contribution >= 4 is 38.2 Å². The molecule has 0 aliphatic carbocycles. The lowest BCUT2D eigenvalue weighted by Crippen LogP contribution is -2.38. The number of fused-ring (bicyclic) bond motifs is 1. The van der Waals surface area contributed by atoms with E-state index < -0.39 is 11.5 Å². The van der Waals surface area contributed by atoms with E-state index in [1.807, 2.05) is 45.4 Å². The van der Waals surface area contributed by atoms with Crippen molar-refractivity contribution in [2.24, 2.45) is 0 Å². The third-order valence-corrected chi connectivity index (χ3v) is 7.93. The summed E-state index contributed by atoms with van der Waals surface area (Å²) in [5.41, 5.74) is 3.36. The Balaban J connectivity index is 2.05. The second kappa shape index (κ2) is 10.3. The van der Waals surface area contributed by atoms with Gasteiger partial charge in [0, 0.05) is 55.6 Å². The van der Waals surface area contributed by atoms with E-state index in [1.165, 1.54) is 9.75 Å². The molecule has 1 aromatic carbocycles. The van der Waals surface area contributed by atoms with Gasteiger partial charge in [0.05, 0.1) is 12.6 Å². The summed E-state index contributed by atoms with van der Waals surface area (Å²) in [6.45, 7) is 6.95. The molecule has 0 bridgehead atoms. The number of rotatable bonds is 8. The molecule has 184 valence electrons. The van der Waals surface area contributed by atoms with Gasteiger partial charge in [-0.1, -0.05) is 22.0 Å². The molecule has 2 atom stereocenters. The van der Waals surface area contributed by atoms with Crippen LogP contribution in [0.3, 0.4) is 0 Å². The molecule has 4 aromatic rings. The van der Waals surface area contributed by atoms with Crippen molar-refractivity contribution in [3.05, 3.63) is 85.3 Å². The number of hydrogen-bond donors (Lipinski definition) is 1. The molecule has 5 nitrogen and oxygen atoms in total. The van der Waals surface area contributed by atoms with Gasteiger partial charge >= 0.3 is 0 Å². The van der Waals surface area contributed by atoms with Gasteiger partial charge in [0.1, 0.15) is 5.60 Å². The fourth-order valence-corrected chi connectivity index (χ4v) is 6.12. The quantitative estimate of drug-likeness (QED) is 0.275. The molecule has 0 amide bonds. The van der Waals surface area contributed by atoms with E-state index in [1.54, 1.807) is 24.6 Å². The smallest absolute Gasteiger partial charge is 0.217 e. The van der Waals surface area contributed by atoms with E-state index in [0.29, 0.717) is 18.8 Å². The van der Waals surface area contributed by atoms with E-state index in [0.717, 1.165) is 37.6 Å². The summed E-state index contributed by atoms with van der Waals surface area (Å²) in [4.78, 5) is 13.8. The summed E-state index contributed by atoms with van der Waals surface area (Å²) in [5.74, 6) is 0.124. The second-order valence-electron chi connectivity index (χ2n) is 9.45. The Morgan fingerprint density at radius 3 is 2.49 bits per heavy atom. The number of hydrogen-bond acceptors (Lipinski definition) is 6. The minimum absolute atomic E-state index is 0.401. The predicted octanol–water partition coefficient (Wildman–Crippen LogP) is 6.36. The Kier molecular flexibility index (Phi) is 7.62. The first-order chi connectivity index (χ1) is 16.6. The standard InChI is InChI=1S/C28H32BrN3O2S/c1-17-11-21(16-30-15-17)28(33,9-10-32(4)5)26(23-12-18(2)35-19(23)3)24-14-20-13-22(29)7-8-25(20)31-27(24)34-6/h7-8,11-16,26,33H,9-10H2,1-6H3/t26-,28-/m1/s1. The van der Waals surface area contributed by atoms with Crippen molar-refractivity contribution in [2.75, 3.05) is 27.7 Å². The number of ether oxygens (including phenoxy) is 1. The van der Waals surface area contributed by atoms with Gasteiger partial charge in [-0.2, -0.15) is 0 Å². The molecule has 35 heavy (non-hydrogen) atoms. The lowest BCUT2D eigenvalue weighted by molar-refractivity contribution is 0.00340. The Hall–Kier alpha value is -2.32. The largest absolute Gasteiger partial charge is 0.481 e. The maximum Gasteiger partial charge on any atom is 0.217 e. The van der Waals surface area contributed by atoms with Crippen LogP contribution in [-0.2, 0) is 5.60 Å². The van der Waals surface area contributed by atoms with Crippen LogP contribution in [0, 0.1) is 20.8 Å². The highest BCUT2D eigenvalue weighted by molar-refractivity contribution is 9.10. The number of methoxy groups -OCH3 is 1. The van der Waals surface area contributed by atoms with Crippen molar-refractivity contribution in [2.45, 2.75) is 38.7 Å². The average Bonchev–Trinajstić information content (AvgIpc) is 3.14. The number of aromatic nitrogens is 2. The number of aryl methyl sites for hydroxylation is 3. The third-order valence-electron chi connectivity index (χ3n) is 6.46. The molecule has 4 rings (SSSR count). The molecule has 0 unspecified atom stereocenters. The van der Waals surface area contributed by atoms with Gasteiger partial charge in [-0.25, -0.2) is 4.98 Å². The van der Waals surface area contributed by atoms with E-state index in [4.69, 9.17) is 9.72 Å². The van der Waals surface area contributed by atoms with Crippen molar-refractivity contribution in [1.82, 2.24) is 14.9 Å². The first kappa shape index (κ1) is 25.8. The maximum atomic E-state index is 12.7. The van der Waals surface area contributed by atoms with Crippen molar-refractivity contribution in [1.29, 1.82) is 0 Å². The highest BCUT2D eigenvalue weighted by atomic mass is 79.9. The second-order valence-corrected chi connectivity index (χ2v) is 11.8. The third kappa shape index (κ3) is 5.28. The van der Waals surface area contributed by atoms with Gasteiger partial charge in [-0.3, -0.25) is 4.98 Å². The summed E-state index contributed by atoms with van der Waals surface area (Å²) in [5, 5.41) is 13.7. The summed E-state index contributed by atoms with van der Waals surface area (Å²) in [6, 6.07) is 12.4. The number of aliphatic hydroxyl groups is 1. The van der Waals surface area contributed by atoms with E-state index in [2.05, 4.69) is 57.9 Å². The molecule has 3 aromatic heterocycles. The molecule has 3 heterocycles. The van der Waals surface area contributed by atoms with E-state index in [-0.39, 0.29) is 0 Å². The first-order valence-electron chi connectivity index (χ1n) is 11.6. The van der Waals surface area contributed by atoms with Crippen LogP contribution in [-0.4, -0.2) is 47.7 Å². The van der Waals surface area contributed by atoms with Gasteiger partial charge in [0.25, 0.3) is 0 Å². The van der Waals surface area contributed by atoms with Crippen molar-refractivity contribution in [3.8, 4) is 5.88 Å². The lowest BCUT2D eigenvalue weighted by Gasteiger charge is -2.38. The SMILES string of the molecule is COc1nc2ccc(Br)cc2cc1[C@@H](c1cc(C)sc1C)[C@@](O)(CCN(C)C)c1cncc(C)c1. The van der Waals surface area contributed by atoms with Crippen LogP contribution >= 0.6 is 27.3 Å². The van der Waals surface area contributed by atoms with E-state index in [9.17, 15) is 5.11 Å². The number of halogens is 1. The van der Waals surface area contributed by atoms with Crippen LogP contribution in [0.25, 0.3) is 10.9 Å². The Morgan fingerprint density at radius 2 is 1.86 bits per heavy atom. The average molecular weight is 555 g/mol. The maximum absolute atomic E-state index is 12.7. The van der Waals surface area contributed by atoms with Crippen LogP contribution in [0.4, 0.5) is 0 Å². The summed E-state index contributed by atoms with van der Waals surface area (Å²) < 4.78 is 6.84. The number of pyridine rings is 2. The minimum Gasteiger partial charge on any atom is -0.481 e. The highest BCUT2D eigenvalue weighted by Gasteiger charge is 2.43. The molecular formula is C28H32BrN3O2S. The summed E-state index contributed by atoms with van der Waals surface area (Å²) in [6.07, 6.45) is 4.13. The number of benzene rings is 1. The van der Waals surface area contributed by atoms with Gasteiger partial charge < -0.3 is 14.7 Å². The zero-order valence-corrected chi connectivity index (χ0v) is 23.5. The fraction of sp³-hybridized carbons (Fsp3) is 0.357. The molecule has 0 saturated heterocycles. The normalized spacial score (nSPS) is 14.3. The molecule has 0 radical (unpaired) electrons. The molecule has 0 saturated carbocycles. The molecule has 7 heteroatoms. The van der Waals surface area contributed by atoms with E-state index >= 15 is 0 Å². The Morgan fingerprint density at radius 1 is 1.09 bits per heavy atom. The molecule has 0 fully saturated rings. The minimum atomic E-state index is -1.24. The highest BCUT2D eigenvalue weighted by Crippen LogP contribution is 2.49. The fourth-order valence-electron chi connectivity index (χ4n) is 4.78. The zero-order valence-electron chi connectivity index (χ0n) is 21.1. The van der Waals surface area contributed by atoms with Crippen LogP contribution in [0.15, 0.2) is 53.3 Å².